The smallest absolute Gasteiger partial charge is 0.227 e. The second kappa shape index (κ2) is 8.54. The van der Waals surface area contributed by atoms with Crippen LogP contribution >= 0.6 is 0 Å². The van der Waals surface area contributed by atoms with Crippen LogP contribution in [0.4, 0.5) is 0 Å². The zero-order valence-corrected chi connectivity index (χ0v) is 12.7. The first kappa shape index (κ1) is 16.4. The number of nitrogens with two attached hydrogens (primary N) is 1. The summed E-state index contributed by atoms with van der Waals surface area (Å²) in [6.45, 7) is 5.49. The van der Waals surface area contributed by atoms with Gasteiger partial charge in [-0.1, -0.05) is 26.2 Å². The Morgan fingerprint density at radius 1 is 1.37 bits per heavy atom. The predicted octanol–water partition coefficient (Wildman–Crippen LogP) is 2.17. The average Bonchev–Trinajstić information content (AvgIpc) is 2.63. The van der Waals surface area contributed by atoms with E-state index in [4.69, 9.17) is 10.5 Å². The highest BCUT2D eigenvalue weighted by molar-refractivity contribution is 5.80. The van der Waals surface area contributed by atoms with Crippen LogP contribution in [0.3, 0.4) is 0 Å². The van der Waals surface area contributed by atoms with Gasteiger partial charge in [-0.05, 0) is 26.2 Å². The summed E-state index contributed by atoms with van der Waals surface area (Å²) < 4.78 is 5.13. The number of hydrogen-bond donors (Lipinski definition) is 1. The average molecular weight is 270 g/mol. The second-order valence-corrected chi connectivity index (χ2v) is 5.69. The van der Waals surface area contributed by atoms with Gasteiger partial charge in [0.25, 0.3) is 0 Å². The lowest BCUT2D eigenvalue weighted by atomic mass is 9.93. The molecule has 0 spiro atoms. The molecular weight excluding hydrogens is 240 g/mol. The first-order valence-corrected chi connectivity index (χ1v) is 7.66. The molecule has 0 saturated heterocycles. The topological polar surface area (TPSA) is 55.6 Å². The van der Waals surface area contributed by atoms with E-state index in [1.165, 1.54) is 6.42 Å². The third-order valence-electron chi connectivity index (χ3n) is 4.33. The summed E-state index contributed by atoms with van der Waals surface area (Å²) in [6, 6.07) is 0.294. The first-order chi connectivity index (χ1) is 9.11. The second-order valence-electron chi connectivity index (χ2n) is 5.69. The van der Waals surface area contributed by atoms with Crippen molar-refractivity contribution in [3.05, 3.63) is 0 Å². The highest BCUT2D eigenvalue weighted by Crippen LogP contribution is 2.25. The summed E-state index contributed by atoms with van der Waals surface area (Å²) in [5, 5.41) is 0. The van der Waals surface area contributed by atoms with E-state index in [2.05, 4.69) is 13.8 Å². The monoisotopic (exact) mass is 270 g/mol. The molecular formula is C15H30N2O2. The Balaban J connectivity index is 2.72. The minimum Gasteiger partial charge on any atom is -0.383 e. The maximum atomic E-state index is 12.8. The van der Waals surface area contributed by atoms with Crippen LogP contribution in [0.25, 0.3) is 0 Å². The summed E-state index contributed by atoms with van der Waals surface area (Å²) >= 11 is 0. The van der Waals surface area contributed by atoms with Gasteiger partial charge in [-0.3, -0.25) is 4.79 Å². The molecule has 0 radical (unpaired) electrons. The molecule has 1 aliphatic carbocycles. The summed E-state index contributed by atoms with van der Waals surface area (Å²) in [7, 11) is 1.68. The Bertz CT molecular complexity index is 271. The maximum absolute atomic E-state index is 12.8. The van der Waals surface area contributed by atoms with E-state index in [1.807, 2.05) is 4.90 Å². The zero-order chi connectivity index (χ0) is 14.3. The van der Waals surface area contributed by atoms with Crippen LogP contribution in [0.1, 0.15) is 52.4 Å². The fourth-order valence-corrected chi connectivity index (χ4v) is 2.81. The molecule has 0 heterocycles. The van der Waals surface area contributed by atoms with Crippen molar-refractivity contribution < 1.29 is 9.53 Å². The largest absolute Gasteiger partial charge is 0.383 e. The van der Waals surface area contributed by atoms with E-state index in [0.29, 0.717) is 13.2 Å². The van der Waals surface area contributed by atoms with Gasteiger partial charge in [-0.2, -0.15) is 0 Å². The van der Waals surface area contributed by atoms with Gasteiger partial charge in [0.1, 0.15) is 0 Å². The van der Waals surface area contributed by atoms with Crippen molar-refractivity contribution in [1.82, 2.24) is 4.90 Å². The molecule has 1 aliphatic rings. The lowest BCUT2D eigenvalue weighted by Crippen LogP contribution is -2.48. The van der Waals surface area contributed by atoms with Gasteiger partial charge in [-0.15, -0.1) is 0 Å². The first-order valence-electron chi connectivity index (χ1n) is 7.66. The molecule has 2 N–H and O–H groups in total. The molecule has 3 unspecified atom stereocenters. The van der Waals surface area contributed by atoms with E-state index < -0.39 is 0 Å². The standard InChI is InChI=1S/C15H30N2O2/c1-4-12(2)17(10-11-19-3)15(18)13-8-6-5-7-9-14(13)16/h12-14H,4-11,16H2,1-3H3. The Labute approximate surface area is 117 Å². The van der Waals surface area contributed by atoms with Crippen molar-refractivity contribution in [3.8, 4) is 0 Å². The molecule has 0 aliphatic heterocycles. The van der Waals surface area contributed by atoms with Crippen LogP contribution in [0.15, 0.2) is 0 Å². The van der Waals surface area contributed by atoms with Crippen LogP contribution in [0.5, 0.6) is 0 Å². The van der Waals surface area contributed by atoms with E-state index in [1.54, 1.807) is 7.11 Å². The van der Waals surface area contributed by atoms with Crippen molar-refractivity contribution in [2.24, 2.45) is 11.7 Å². The summed E-state index contributed by atoms with van der Waals surface area (Å²) in [5.41, 5.74) is 6.21. The normalized spacial score (nSPS) is 25.7. The molecule has 0 bridgehead atoms. The van der Waals surface area contributed by atoms with Crippen LogP contribution in [0, 0.1) is 5.92 Å². The number of carbonyl (C=O) groups excluding carboxylic acids is 1. The number of rotatable bonds is 6. The van der Waals surface area contributed by atoms with Crippen molar-refractivity contribution in [3.63, 3.8) is 0 Å². The minimum atomic E-state index is 0.00774. The van der Waals surface area contributed by atoms with Gasteiger partial charge < -0.3 is 15.4 Å². The van der Waals surface area contributed by atoms with Gasteiger partial charge in [0.2, 0.25) is 5.91 Å². The van der Waals surface area contributed by atoms with Crippen molar-refractivity contribution >= 4 is 5.91 Å². The van der Waals surface area contributed by atoms with Crippen LogP contribution in [0.2, 0.25) is 0 Å². The van der Waals surface area contributed by atoms with Gasteiger partial charge in [0.15, 0.2) is 0 Å². The molecule has 0 aromatic rings. The van der Waals surface area contributed by atoms with Crippen molar-refractivity contribution in [2.45, 2.75) is 64.5 Å². The van der Waals surface area contributed by atoms with Gasteiger partial charge in [-0.25, -0.2) is 0 Å². The Morgan fingerprint density at radius 3 is 2.68 bits per heavy atom. The van der Waals surface area contributed by atoms with E-state index in [-0.39, 0.29) is 23.9 Å². The molecule has 112 valence electrons. The SMILES string of the molecule is CCC(C)N(CCOC)C(=O)C1CCCCCC1N. The molecule has 1 rings (SSSR count). The lowest BCUT2D eigenvalue weighted by molar-refractivity contribution is -0.139. The molecule has 0 aromatic carbocycles. The van der Waals surface area contributed by atoms with E-state index in [0.717, 1.165) is 32.1 Å². The molecule has 1 amide bonds. The number of hydrogen-bond acceptors (Lipinski definition) is 3. The third-order valence-corrected chi connectivity index (χ3v) is 4.33. The number of ether oxygens (including phenoxy) is 1. The number of nitrogens with zero attached hydrogens (tertiary/aromatic N) is 1. The lowest BCUT2D eigenvalue weighted by Gasteiger charge is -2.33. The molecule has 1 saturated carbocycles. The summed E-state index contributed by atoms with van der Waals surface area (Å²) in [4.78, 5) is 14.7. The summed E-state index contributed by atoms with van der Waals surface area (Å²) in [5.74, 6) is 0.245. The Morgan fingerprint density at radius 2 is 2.05 bits per heavy atom. The summed E-state index contributed by atoms with van der Waals surface area (Å²) in [6.07, 6.45) is 6.39. The third kappa shape index (κ3) is 4.77. The van der Waals surface area contributed by atoms with Gasteiger partial charge in [0, 0.05) is 25.7 Å². The van der Waals surface area contributed by atoms with Crippen LogP contribution in [-0.4, -0.2) is 43.2 Å². The molecule has 1 fully saturated rings. The molecule has 3 atom stereocenters. The van der Waals surface area contributed by atoms with Crippen molar-refractivity contribution in [1.29, 1.82) is 0 Å². The predicted molar refractivity (Wildman–Crippen MR) is 77.9 cm³/mol. The maximum Gasteiger partial charge on any atom is 0.227 e. The van der Waals surface area contributed by atoms with E-state index >= 15 is 0 Å². The number of amides is 1. The fourth-order valence-electron chi connectivity index (χ4n) is 2.81. The zero-order valence-electron chi connectivity index (χ0n) is 12.7. The fraction of sp³-hybridized carbons (Fsp3) is 0.933. The Hall–Kier alpha value is -0.610. The number of methoxy groups -OCH3 is 1. The number of carbonyl (C=O) groups is 1. The van der Waals surface area contributed by atoms with Crippen LogP contribution in [-0.2, 0) is 9.53 Å². The molecule has 4 nitrogen and oxygen atoms in total. The molecule has 19 heavy (non-hydrogen) atoms. The quantitative estimate of drug-likeness (QED) is 0.753. The Kier molecular flexibility index (Phi) is 7.39. The van der Waals surface area contributed by atoms with Gasteiger partial charge >= 0.3 is 0 Å². The van der Waals surface area contributed by atoms with Crippen LogP contribution < -0.4 is 5.73 Å². The molecule has 4 heteroatoms. The van der Waals surface area contributed by atoms with Crippen molar-refractivity contribution in [2.75, 3.05) is 20.3 Å². The van der Waals surface area contributed by atoms with Gasteiger partial charge in [0.05, 0.1) is 12.5 Å². The minimum absolute atomic E-state index is 0.00774. The van der Waals surface area contributed by atoms with E-state index in [9.17, 15) is 4.79 Å². The molecule has 0 aromatic heterocycles. The highest BCUT2D eigenvalue weighted by Gasteiger charge is 2.31. The highest BCUT2D eigenvalue weighted by atomic mass is 16.5.